The van der Waals surface area contributed by atoms with Crippen molar-refractivity contribution in [2.75, 3.05) is 0 Å². The van der Waals surface area contributed by atoms with Crippen molar-refractivity contribution < 1.29 is 4.74 Å². The molecule has 0 aliphatic rings. The quantitative estimate of drug-likeness (QED) is 0.571. The first-order valence-electron chi connectivity index (χ1n) is 6.75. The van der Waals surface area contributed by atoms with Crippen LogP contribution in [0.25, 0.3) is 0 Å². The van der Waals surface area contributed by atoms with Crippen LogP contribution in [0.15, 0.2) is 0 Å². The molecule has 0 aliphatic heterocycles. The van der Waals surface area contributed by atoms with E-state index in [-0.39, 0.29) is 0 Å². The van der Waals surface area contributed by atoms with Gasteiger partial charge in [0, 0.05) is 0 Å². The molecule has 0 saturated carbocycles. The minimum absolute atomic E-state index is 0.453. The van der Waals surface area contributed by atoms with Crippen molar-refractivity contribution in [3.05, 3.63) is 0 Å². The maximum atomic E-state index is 6.25. The van der Waals surface area contributed by atoms with Crippen molar-refractivity contribution >= 4 is 0 Å². The van der Waals surface area contributed by atoms with Gasteiger partial charge in [0.1, 0.15) is 0 Å². The van der Waals surface area contributed by atoms with E-state index in [0.29, 0.717) is 24.0 Å². The van der Waals surface area contributed by atoms with Crippen molar-refractivity contribution in [1.29, 1.82) is 0 Å². The SMILES string of the molecule is CCC(C)C(CC)OC(CC)C(C)CC. The second kappa shape index (κ2) is 8.15. The molecule has 0 aromatic heterocycles. The van der Waals surface area contributed by atoms with Gasteiger partial charge >= 0.3 is 0 Å². The van der Waals surface area contributed by atoms with Crippen LogP contribution in [0.3, 0.4) is 0 Å². The summed E-state index contributed by atoms with van der Waals surface area (Å²) in [4.78, 5) is 0. The van der Waals surface area contributed by atoms with Crippen LogP contribution in [0.2, 0.25) is 0 Å². The summed E-state index contributed by atoms with van der Waals surface area (Å²) in [6.45, 7) is 13.6. The van der Waals surface area contributed by atoms with Crippen molar-refractivity contribution in [2.45, 2.75) is 79.4 Å². The molecule has 92 valence electrons. The van der Waals surface area contributed by atoms with E-state index in [0.717, 1.165) is 12.8 Å². The van der Waals surface area contributed by atoms with Crippen LogP contribution in [-0.4, -0.2) is 12.2 Å². The molecule has 0 spiro atoms. The molecule has 4 unspecified atom stereocenters. The third-order valence-corrected chi connectivity index (χ3v) is 3.71. The monoisotopic (exact) mass is 214 g/mol. The van der Waals surface area contributed by atoms with E-state index in [4.69, 9.17) is 4.74 Å². The maximum absolute atomic E-state index is 6.25. The van der Waals surface area contributed by atoms with Crippen LogP contribution in [0.5, 0.6) is 0 Å². The predicted octanol–water partition coefficient (Wildman–Crippen LogP) is 4.65. The van der Waals surface area contributed by atoms with Gasteiger partial charge in [-0.3, -0.25) is 0 Å². The minimum atomic E-state index is 0.453. The average Bonchev–Trinajstić information content (AvgIpc) is 2.28. The minimum Gasteiger partial charge on any atom is -0.374 e. The Morgan fingerprint density at radius 2 is 1.00 bits per heavy atom. The van der Waals surface area contributed by atoms with Gasteiger partial charge in [-0.15, -0.1) is 0 Å². The summed E-state index contributed by atoms with van der Waals surface area (Å²) in [6, 6.07) is 0. The molecule has 15 heavy (non-hydrogen) atoms. The highest BCUT2D eigenvalue weighted by Gasteiger charge is 2.21. The lowest BCUT2D eigenvalue weighted by Gasteiger charge is -2.30. The Bertz CT molecular complexity index is 128. The molecule has 1 heteroatoms. The number of rotatable bonds is 8. The predicted molar refractivity (Wildman–Crippen MR) is 68.2 cm³/mol. The lowest BCUT2D eigenvalue weighted by molar-refractivity contribution is -0.0665. The maximum Gasteiger partial charge on any atom is 0.0601 e. The number of ether oxygens (including phenoxy) is 1. The van der Waals surface area contributed by atoms with Gasteiger partial charge in [0.05, 0.1) is 12.2 Å². The first-order valence-corrected chi connectivity index (χ1v) is 6.75. The van der Waals surface area contributed by atoms with E-state index in [1.165, 1.54) is 12.8 Å². The van der Waals surface area contributed by atoms with Crippen molar-refractivity contribution in [2.24, 2.45) is 11.8 Å². The third kappa shape index (κ3) is 5.01. The van der Waals surface area contributed by atoms with E-state index in [9.17, 15) is 0 Å². The zero-order valence-electron chi connectivity index (χ0n) is 11.5. The molecule has 0 heterocycles. The van der Waals surface area contributed by atoms with Crippen molar-refractivity contribution in [3.63, 3.8) is 0 Å². The van der Waals surface area contributed by atoms with Crippen LogP contribution < -0.4 is 0 Å². The first-order chi connectivity index (χ1) is 7.10. The fourth-order valence-corrected chi connectivity index (χ4v) is 2.02. The second-order valence-electron chi connectivity index (χ2n) is 4.80. The Balaban J connectivity index is 4.23. The molecule has 4 atom stereocenters. The van der Waals surface area contributed by atoms with Crippen LogP contribution in [-0.2, 0) is 4.74 Å². The lowest BCUT2D eigenvalue weighted by Crippen LogP contribution is -2.30. The molecule has 0 rings (SSSR count). The summed E-state index contributed by atoms with van der Waals surface area (Å²) >= 11 is 0. The van der Waals surface area contributed by atoms with Gasteiger partial charge < -0.3 is 4.74 Å². The molecule has 0 fully saturated rings. The fraction of sp³-hybridized carbons (Fsp3) is 1.00. The van der Waals surface area contributed by atoms with Crippen molar-refractivity contribution in [3.8, 4) is 0 Å². The van der Waals surface area contributed by atoms with Gasteiger partial charge in [-0.2, -0.15) is 0 Å². The molecule has 0 aliphatic carbocycles. The Morgan fingerprint density at radius 3 is 1.20 bits per heavy atom. The highest BCUT2D eigenvalue weighted by atomic mass is 16.5. The summed E-state index contributed by atoms with van der Waals surface area (Å²) in [7, 11) is 0. The van der Waals surface area contributed by atoms with E-state index in [1.54, 1.807) is 0 Å². The summed E-state index contributed by atoms with van der Waals surface area (Å²) < 4.78 is 6.25. The summed E-state index contributed by atoms with van der Waals surface area (Å²) in [6.07, 6.45) is 5.62. The van der Waals surface area contributed by atoms with Crippen LogP contribution in [0, 0.1) is 11.8 Å². The van der Waals surface area contributed by atoms with Gasteiger partial charge in [-0.05, 0) is 24.7 Å². The molecule has 1 nitrogen and oxygen atoms in total. The Kier molecular flexibility index (Phi) is 8.13. The van der Waals surface area contributed by atoms with Crippen molar-refractivity contribution in [1.82, 2.24) is 0 Å². The molecule has 0 radical (unpaired) electrons. The zero-order valence-corrected chi connectivity index (χ0v) is 11.5. The largest absolute Gasteiger partial charge is 0.374 e. The van der Waals surface area contributed by atoms with Crippen LogP contribution in [0.1, 0.15) is 67.2 Å². The number of hydrogen-bond acceptors (Lipinski definition) is 1. The average molecular weight is 214 g/mol. The van der Waals surface area contributed by atoms with Gasteiger partial charge in [0.15, 0.2) is 0 Å². The third-order valence-electron chi connectivity index (χ3n) is 3.71. The standard InChI is InChI=1S/C14H30O/c1-7-11(5)13(9-3)15-14(10-4)12(6)8-2/h11-14H,7-10H2,1-6H3. The van der Waals surface area contributed by atoms with Gasteiger partial charge in [-0.25, -0.2) is 0 Å². The van der Waals surface area contributed by atoms with Crippen LogP contribution >= 0.6 is 0 Å². The normalized spacial score (nSPS) is 19.6. The second-order valence-corrected chi connectivity index (χ2v) is 4.80. The fourth-order valence-electron chi connectivity index (χ4n) is 2.02. The molecule has 0 N–H and O–H groups in total. The van der Waals surface area contributed by atoms with Gasteiger partial charge in [0.25, 0.3) is 0 Å². The van der Waals surface area contributed by atoms with E-state index in [2.05, 4.69) is 41.5 Å². The molecule has 0 amide bonds. The highest BCUT2D eigenvalue weighted by Crippen LogP contribution is 2.22. The Labute approximate surface area is 96.6 Å². The smallest absolute Gasteiger partial charge is 0.0601 e. The molecule has 0 saturated heterocycles. The lowest BCUT2D eigenvalue weighted by atomic mass is 9.96. The molecule has 0 aromatic rings. The highest BCUT2D eigenvalue weighted by molar-refractivity contribution is 4.70. The summed E-state index contributed by atoms with van der Waals surface area (Å²) in [5.41, 5.74) is 0. The molecular formula is C14H30O. The Hall–Kier alpha value is -0.0400. The number of hydrogen-bond donors (Lipinski definition) is 0. The summed E-state index contributed by atoms with van der Waals surface area (Å²) in [5.74, 6) is 1.38. The molecule has 0 bridgehead atoms. The van der Waals surface area contributed by atoms with Gasteiger partial charge in [0.2, 0.25) is 0 Å². The summed E-state index contributed by atoms with van der Waals surface area (Å²) in [5, 5.41) is 0. The topological polar surface area (TPSA) is 9.23 Å². The first kappa shape index (κ1) is 15.0. The Morgan fingerprint density at radius 1 is 0.667 bits per heavy atom. The van der Waals surface area contributed by atoms with Gasteiger partial charge in [-0.1, -0.05) is 54.4 Å². The molecule has 0 aromatic carbocycles. The van der Waals surface area contributed by atoms with E-state index >= 15 is 0 Å². The van der Waals surface area contributed by atoms with E-state index in [1.807, 2.05) is 0 Å². The van der Waals surface area contributed by atoms with Crippen LogP contribution in [0.4, 0.5) is 0 Å². The zero-order chi connectivity index (χ0) is 11.8. The van der Waals surface area contributed by atoms with E-state index < -0.39 is 0 Å². The molecular weight excluding hydrogens is 184 g/mol.